The van der Waals surface area contributed by atoms with Crippen molar-refractivity contribution < 1.29 is 4.74 Å². The number of guanidine groups is 1. The van der Waals surface area contributed by atoms with E-state index in [1.165, 1.54) is 10.4 Å². The molecule has 0 aliphatic rings. The van der Waals surface area contributed by atoms with Crippen molar-refractivity contribution in [2.45, 2.75) is 26.5 Å². The average Bonchev–Trinajstić information content (AvgIpc) is 3.37. The Morgan fingerprint density at radius 2 is 1.90 bits per heavy atom. The number of hydrogen-bond donors (Lipinski definition) is 2. The van der Waals surface area contributed by atoms with Crippen LogP contribution in [0.15, 0.2) is 52.8 Å². The van der Waals surface area contributed by atoms with E-state index >= 15 is 0 Å². The Morgan fingerprint density at radius 3 is 2.60 bits per heavy atom. The second kappa shape index (κ2) is 13.3. The monoisotopic (exact) mass is 540 g/mol. The van der Waals surface area contributed by atoms with E-state index in [1.807, 2.05) is 36.7 Å². The van der Waals surface area contributed by atoms with Gasteiger partial charge in [0.25, 0.3) is 0 Å². The lowest BCUT2D eigenvalue weighted by molar-refractivity contribution is 0.125. The Labute approximate surface area is 199 Å². The van der Waals surface area contributed by atoms with Gasteiger partial charge in [0.05, 0.1) is 13.2 Å². The first-order chi connectivity index (χ1) is 14.2. The zero-order chi connectivity index (χ0) is 20.3. The van der Waals surface area contributed by atoms with E-state index in [9.17, 15) is 0 Å². The fraction of sp³-hybridized carbons (Fsp3) is 0.381. The summed E-state index contributed by atoms with van der Waals surface area (Å²) in [6.07, 6.45) is 0.964. The molecule has 1 aromatic carbocycles. The predicted octanol–water partition coefficient (Wildman–Crippen LogP) is 3.30. The Hall–Kier alpha value is -1.98. The van der Waals surface area contributed by atoms with E-state index in [4.69, 9.17) is 4.74 Å². The van der Waals surface area contributed by atoms with Crippen LogP contribution >= 0.6 is 35.3 Å². The average molecular weight is 540 g/mol. The molecule has 7 nitrogen and oxygen atoms in total. The number of aliphatic imine (C=N–C) groups is 1. The third kappa shape index (κ3) is 8.04. The van der Waals surface area contributed by atoms with Crippen LogP contribution in [0.2, 0.25) is 0 Å². The lowest BCUT2D eigenvalue weighted by Crippen LogP contribution is -2.40. The maximum atomic E-state index is 5.75. The summed E-state index contributed by atoms with van der Waals surface area (Å²) in [6.45, 7) is 5.10. The number of thiophene rings is 1. The number of benzene rings is 1. The fourth-order valence-corrected chi connectivity index (χ4v) is 3.39. The fourth-order valence-electron chi connectivity index (χ4n) is 2.68. The highest BCUT2D eigenvalue weighted by atomic mass is 127. The van der Waals surface area contributed by atoms with Crippen LogP contribution in [-0.2, 0) is 31.4 Å². The van der Waals surface area contributed by atoms with Crippen LogP contribution in [0.5, 0.6) is 0 Å². The zero-order valence-corrected chi connectivity index (χ0v) is 20.5. The van der Waals surface area contributed by atoms with E-state index in [-0.39, 0.29) is 24.0 Å². The van der Waals surface area contributed by atoms with Crippen LogP contribution in [0.25, 0.3) is 0 Å². The number of nitrogens with one attached hydrogen (secondary N) is 2. The Morgan fingerprint density at radius 1 is 1.10 bits per heavy atom. The van der Waals surface area contributed by atoms with Gasteiger partial charge in [0.1, 0.15) is 12.4 Å². The van der Waals surface area contributed by atoms with Gasteiger partial charge >= 0.3 is 0 Å². The van der Waals surface area contributed by atoms with E-state index in [0.717, 1.165) is 30.6 Å². The van der Waals surface area contributed by atoms with E-state index in [0.29, 0.717) is 26.3 Å². The summed E-state index contributed by atoms with van der Waals surface area (Å²) in [5.41, 5.74) is 1.17. The highest BCUT2D eigenvalue weighted by molar-refractivity contribution is 14.0. The number of ether oxygens (including phenoxy) is 1. The summed E-state index contributed by atoms with van der Waals surface area (Å²) in [7, 11) is 1.95. The van der Waals surface area contributed by atoms with Crippen molar-refractivity contribution in [2.75, 3.05) is 19.7 Å². The van der Waals surface area contributed by atoms with Gasteiger partial charge in [-0.15, -0.1) is 45.5 Å². The highest BCUT2D eigenvalue weighted by Gasteiger charge is 2.05. The van der Waals surface area contributed by atoms with Crippen molar-refractivity contribution in [3.63, 3.8) is 0 Å². The van der Waals surface area contributed by atoms with Gasteiger partial charge in [0.2, 0.25) is 0 Å². The van der Waals surface area contributed by atoms with Crippen LogP contribution < -0.4 is 10.6 Å². The molecular formula is C21H29IN6OS. The number of hydrogen-bond acceptors (Lipinski definition) is 5. The van der Waals surface area contributed by atoms with Gasteiger partial charge in [0.15, 0.2) is 11.8 Å². The summed E-state index contributed by atoms with van der Waals surface area (Å²) in [5.74, 6) is 2.47. The summed E-state index contributed by atoms with van der Waals surface area (Å²) >= 11 is 1.77. The van der Waals surface area contributed by atoms with Gasteiger partial charge in [-0.2, -0.15) is 0 Å². The highest BCUT2D eigenvalue weighted by Crippen LogP contribution is 2.08. The smallest absolute Gasteiger partial charge is 0.191 e. The maximum absolute atomic E-state index is 5.75. The van der Waals surface area contributed by atoms with Gasteiger partial charge in [-0.05, 0) is 30.4 Å². The van der Waals surface area contributed by atoms with Crippen molar-refractivity contribution in [3.05, 3.63) is 69.9 Å². The second-order valence-electron chi connectivity index (χ2n) is 6.61. The molecule has 2 N–H and O–H groups in total. The molecule has 0 saturated carbocycles. The molecule has 0 fully saturated rings. The third-order valence-corrected chi connectivity index (χ3v) is 5.39. The van der Waals surface area contributed by atoms with E-state index in [2.05, 4.69) is 55.5 Å². The molecule has 3 rings (SSSR count). The molecule has 0 radical (unpaired) electrons. The second-order valence-corrected chi connectivity index (χ2v) is 7.64. The molecule has 30 heavy (non-hydrogen) atoms. The molecule has 0 spiro atoms. The van der Waals surface area contributed by atoms with Crippen molar-refractivity contribution in [3.8, 4) is 0 Å². The SMILES string of the molecule is Cc1nnc(CN=C(NCCOCc2ccccc2)NCCc2cccs2)n1C.I. The van der Waals surface area contributed by atoms with Gasteiger partial charge in [-0.1, -0.05) is 36.4 Å². The molecule has 2 aromatic heterocycles. The van der Waals surface area contributed by atoms with E-state index < -0.39 is 0 Å². The topological polar surface area (TPSA) is 76.4 Å². The van der Waals surface area contributed by atoms with Crippen LogP contribution in [-0.4, -0.2) is 40.4 Å². The Kier molecular flexibility index (Phi) is 10.8. The maximum Gasteiger partial charge on any atom is 0.191 e. The van der Waals surface area contributed by atoms with Crippen molar-refractivity contribution in [2.24, 2.45) is 12.0 Å². The van der Waals surface area contributed by atoms with Gasteiger partial charge in [-0.25, -0.2) is 4.99 Å². The Bertz CT molecular complexity index is 882. The lowest BCUT2D eigenvalue weighted by Gasteiger charge is -2.13. The molecular weight excluding hydrogens is 511 g/mol. The van der Waals surface area contributed by atoms with Gasteiger partial charge < -0.3 is 19.9 Å². The van der Waals surface area contributed by atoms with Crippen LogP contribution in [0.4, 0.5) is 0 Å². The molecule has 0 atom stereocenters. The zero-order valence-electron chi connectivity index (χ0n) is 17.4. The van der Waals surface area contributed by atoms with Gasteiger partial charge in [-0.3, -0.25) is 0 Å². The standard InChI is InChI=1S/C21H28N6OS.HI/c1-17-25-26-20(27(17)2)15-24-21(22-11-10-19-9-6-14-29-19)23-12-13-28-16-18-7-4-3-5-8-18;/h3-9,14H,10-13,15-16H2,1-2H3,(H2,22,23,24);1H. The molecule has 0 saturated heterocycles. The third-order valence-electron chi connectivity index (χ3n) is 4.46. The minimum Gasteiger partial charge on any atom is -0.375 e. The quantitative estimate of drug-likeness (QED) is 0.179. The summed E-state index contributed by atoms with van der Waals surface area (Å²) in [4.78, 5) is 6.02. The number of halogens is 1. The summed E-state index contributed by atoms with van der Waals surface area (Å²) < 4.78 is 7.70. The molecule has 0 bridgehead atoms. The minimum atomic E-state index is 0. The Balaban J connectivity index is 0.00000320. The first-order valence-electron chi connectivity index (χ1n) is 9.73. The molecule has 162 valence electrons. The normalized spacial score (nSPS) is 11.2. The van der Waals surface area contributed by atoms with Crippen LogP contribution in [0.1, 0.15) is 22.1 Å². The lowest BCUT2D eigenvalue weighted by atomic mass is 10.2. The van der Waals surface area contributed by atoms with Crippen molar-refractivity contribution in [1.29, 1.82) is 0 Å². The van der Waals surface area contributed by atoms with Crippen molar-refractivity contribution in [1.82, 2.24) is 25.4 Å². The number of aromatic nitrogens is 3. The molecule has 0 unspecified atom stereocenters. The predicted molar refractivity (Wildman–Crippen MR) is 132 cm³/mol. The van der Waals surface area contributed by atoms with E-state index in [1.54, 1.807) is 11.3 Å². The number of rotatable bonds is 10. The van der Waals surface area contributed by atoms with Crippen LogP contribution in [0.3, 0.4) is 0 Å². The molecule has 3 aromatic rings. The molecule has 9 heteroatoms. The summed E-state index contributed by atoms with van der Waals surface area (Å²) in [6, 6.07) is 14.4. The molecule has 2 heterocycles. The molecule has 0 amide bonds. The largest absolute Gasteiger partial charge is 0.375 e. The van der Waals surface area contributed by atoms with Gasteiger partial charge in [0, 0.05) is 25.0 Å². The number of nitrogens with zero attached hydrogens (tertiary/aromatic N) is 4. The molecule has 0 aliphatic carbocycles. The molecule has 0 aliphatic heterocycles. The summed E-state index contributed by atoms with van der Waals surface area (Å²) in [5, 5.41) is 17.1. The van der Waals surface area contributed by atoms with Crippen LogP contribution in [0, 0.1) is 6.92 Å². The minimum absolute atomic E-state index is 0. The first kappa shape index (κ1) is 24.3. The first-order valence-corrected chi connectivity index (χ1v) is 10.6. The van der Waals surface area contributed by atoms with Crippen molar-refractivity contribution >= 4 is 41.3 Å². The number of aryl methyl sites for hydroxylation is 1.